The Balaban J connectivity index is 2.28. The molecule has 3 rings (SSSR count). The summed E-state index contributed by atoms with van der Waals surface area (Å²) >= 11 is 0. The summed E-state index contributed by atoms with van der Waals surface area (Å²) in [5.74, 6) is 0. The molecule has 0 fully saturated rings. The molecule has 0 bridgehead atoms. The zero-order chi connectivity index (χ0) is 13.2. The van der Waals surface area contributed by atoms with Crippen LogP contribution in [-0.2, 0) is 0 Å². The number of hydrogen-bond acceptors (Lipinski definition) is 2. The Hall–Kier alpha value is -2.55. The van der Waals surface area contributed by atoms with Gasteiger partial charge in [0.25, 0.3) is 0 Å². The molecule has 19 heavy (non-hydrogen) atoms. The normalized spacial score (nSPS) is 10.6. The first-order valence-electron chi connectivity index (χ1n) is 6.16. The average molecular weight is 250 g/mol. The Morgan fingerprint density at radius 2 is 1.47 bits per heavy atom. The largest absolute Gasteiger partial charge is 0.354 e. The minimum Gasteiger partial charge on any atom is -0.354 e. The molecule has 3 heteroatoms. The maximum Gasteiger partial charge on any atom is 0.244 e. The maximum absolute atomic E-state index is 7.89. The lowest BCUT2D eigenvalue weighted by Crippen LogP contribution is -1.96. The van der Waals surface area contributed by atoms with E-state index in [9.17, 15) is 0 Å². The van der Waals surface area contributed by atoms with Crippen LogP contribution in [-0.4, -0.2) is 4.74 Å². The van der Waals surface area contributed by atoms with Crippen molar-refractivity contribution in [3.63, 3.8) is 0 Å². The average Bonchev–Trinajstić information content (AvgIpc) is 2.77. The van der Waals surface area contributed by atoms with Crippen LogP contribution in [0.4, 0.5) is 0 Å². The zero-order valence-electron chi connectivity index (χ0n) is 10.6. The van der Waals surface area contributed by atoms with Crippen molar-refractivity contribution in [3.05, 3.63) is 71.8 Å². The van der Waals surface area contributed by atoms with Crippen LogP contribution in [0.25, 0.3) is 16.9 Å². The molecular formula is C16H14N2O. The van der Waals surface area contributed by atoms with Crippen LogP contribution >= 0.6 is 0 Å². The molecule has 1 N–H and O–H groups in total. The Morgan fingerprint density at radius 1 is 0.895 bits per heavy atom. The fraction of sp³-hybridized carbons (Fsp3) is 0.0625. The molecule has 0 aliphatic rings. The van der Waals surface area contributed by atoms with Gasteiger partial charge in [-0.05, 0) is 19.1 Å². The van der Waals surface area contributed by atoms with Crippen LogP contribution in [0, 0.1) is 12.3 Å². The highest BCUT2D eigenvalue weighted by Crippen LogP contribution is 2.24. The number of rotatable bonds is 2. The van der Waals surface area contributed by atoms with Crippen molar-refractivity contribution < 1.29 is 4.52 Å². The van der Waals surface area contributed by atoms with Crippen LogP contribution in [0.2, 0.25) is 0 Å². The quantitative estimate of drug-likeness (QED) is 0.742. The number of aromatic nitrogens is 1. The van der Waals surface area contributed by atoms with Crippen molar-refractivity contribution in [1.29, 1.82) is 5.41 Å². The van der Waals surface area contributed by atoms with Crippen LogP contribution in [0.3, 0.4) is 0 Å². The fourth-order valence-electron chi connectivity index (χ4n) is 2.14. The molecule has 0 saturated heterocycles. The molecule has 0 spiro atoms. The summed E-state index contributed by atoms with van der Waals surface area (Å²) in [5, 5.41) is 7.89. The van der Waals surface area contributed by atoms with Gasteiger partial charge in [0.1, 0.15) is 0 Å². The molecule has 0 saturated carbocycles. The molecule has 0 aliphatic heterocycles. The first kappa shape index (κ1) is 11.5. The van der Waals surface area contributed by atoms with Gasteiger partial charge < -0.3 is 4.52 Å². The first-order valence-corrected chi connectivity index (χ1v) is 6.16. The van der Waals surface area contributed by atoms with Gasteiger partial charge in [-0.25, -0.2) is 0 Å². The Labute approximate surface area is 111 Å². The van der Waals surface area contributed by atoms with E-state index in [0.29, 0.717) is 0 Å². The number of nitrogens with one attached hydrogen (secondary N) is 1. The summed E-state index contributed by atoms with van der Waals surface area (Å²) in [7, 11) is 0. The summed E-state index contributed by atoms with van der Waals surface area (Å²) in [6.07, 6.45) is 0. The van der Waals surface area contributed by atoms with Gasteiger partial charge >= 0.3 is 0 Å². The van der Waals surface area contributed by atoms with Gasteiger partial charge in [0, 0.05) is 11.1 Å². The molecule has 0 atom stereocenters. The molecule has 1 heterocycles. The van der Waals surface area contributed by atoms with E-state index in [1.165, 1.54) is 0 Å². The molecule has 1 aromatic heterocycles. The monoisotopic (exact) mass is 250 g/mol. The van der Waals surface area contributed by atoms with Crippen LogP contribution < -0.4 is 5.55 Å². The second-order valence-electron chi connectivity index (χ2n) is 4.39. The summed E-state index contributed by atoms with van der Waals surface area (Å²) < 4.78 is 7.28. The number of nitrogens with zero attached hydrogens (tertiary/aromatic N) is 1. The van der Waals surface area contributed by atoms with Crippen molar-refractivity contribution in [2.45, 2.75) is 6.92 Å². The topological polar surface area (TPSA) is 41.9 Å². The minimum atomic E-state index is 0.197. The van der Waals surface area contributed by atoms with Crippen LogP contribution in [0.15, 0.2) is 65.2 Å². The van der Waals surface area contributed by atoms with E-state index >= 15 is 0 Å². The van der Waals surface area contributed by atoms with E-state index < -0.39 is 0 Å². The smallest absolute Gasteiger partial charge is 0.244 e. The predicted octanol–water partition coefficient (Wildman–Crippen LogP) is 3.53. The number of hydrogen-bond donors (Lipinski definition) is 1. The Kier molecular flexibility index (Phi) is 2.80. The SMILES string of the molecule is Cc1c(-c2ccccc2)n(-c2ccccc2)oc1=N. The van der Waals surface area contributed by atoms with Crippen molar-refractivity contribution in [2.24, 2.45) is 0 Å². The molecule has 3 nitrogen and oxygen atoms in total. The molecule has 0 unspecified atom stereocenters. The molecule has 0 radical (unpaired) electrons. The third-order valence-electron chi connectivity index (χ3n) is 3.12. The Bertz CT molecular complexity index is 739. The second-order valence-corrected chi connectivity index (χ2v) is 4.39. The highest BCUT2D eigenvalue weighted by Gasteiger charge is 2.14. The van der Waals surface area contributed by atoms with Crippen molar-refractivity contribution in [3.8, 4) is 16.9 Å². The molecule has 3 aromatic rings. The molecule has 0 amide bonds. The Morgan fingerprint density at radius 3 is 2.11 bits per heavy atom. The van der Waals surface area contributed by atoms with Gasteiger partial charge in [-0.15, -0.1) is 0 Å². The van der Waals surface area contributed by atoms with E-state index in [-0.39, 0.29) is 5.55 Å². The van der Waals surface area contributed by atoms with Crippen LogP contribution in [0.5, 0.6) is 0 Å². The predicted molar refractivity (Wildman–Crippen MR) is 74.1 cm³/mol. The third-order valence-corrected chi connectivity index (χ3v) is 3.12. The van der Waals surface area contributed by atoms with Crippen molar-refractivity contribution in [1.82, 2.24) is 4.74 Å². The van der Waals surface area contributed by atoms with E-state index in [0.717, 1.165) is 22.5 Å². The minimum absolute atomic E-state index is 0.197. The van der Waals surface area contributed by atoms with Crippen LogP contribution in [0.1, 0.15) is 5.56 Å². The highest BCUT2D eigenvalue weighted by atomic mass is 16.5. The van der Waals surface area contributed by atoms with E-state index in [4.69, 9.17) is 9.93 Å². The van der Waals surface area contributed by atoms with Crippen molar-refractivity contribution in [2.75, 3.05) is 0 Å². The summed E-state index contributed by atoms with van der Waals surface area (Å²) in [4.78, 5) is 0. The third kappa shape index (κ3) is 1.99. The number of benzene rings is 2. The summed E-state index contributed by atoms with van der Waals surface area (Å²) in [6.45, 7) is 1.91. The maximum atomic E-state index is 7.89. The lowest BCUT2D eigenvalue weighted by molar-refractivity contribution is 0.313. The first-order chi connectivity index (χ1) is 9.27. The van der Waals surface area contributed by atoms with E-state index in [1.54, 1.807) is 4.74 Å². The standard InChI is InChI=1S/C16H14N2O/c1-12-15(13-8-4-2-5-9-13)18(19-16(12)17)14-10-6-3-7-11-14/h2-11,17H,1H3. The van der Waals surface area contributed by atoms with Gasteiger partial charge in [0.15, 0.2) is 0 Å². The lowest BCUT2D eigenvalue weighted by atomic mass is 10.1. The number of para-hydroxylation sites is 1. The van der Waals surface area contributed by atoms with Gasteiger partial charge in [-0.3, -0.25) is 5.41 Å². The van der Waals surface area contributed by atoms with E-state index in [1.807, 2.05) is 67.6 Å². The van der Waals surface area contributed by atoms with Crippen molar-refractivity contribution >= 4 is 0 Å². The molecular weight excluding hydrogens is 236 g/mol. The zero-order valence-corrected chi connectivity index (χ0v) is 10.6. The molecule has 2 aromatic carbocycles. The van der Waals surface area contributed by atoms with Gasteiger partial charge in [-0.1, -0.05) is 48.5 Å². The second kappa shape index (κ2) is 4.61. The summed E-state index contributed by atoms with van der Waals surface area (Å²) in [6, 6.07) is 19.8. The lowest BCUT2D eigenvalue weighted by Gasteiger charge is -2.07. The fourth-order valence-corrected chi connectivity index (χ4v) is 2.14. The van der Waals surface area contributed by atoms with Gasteiger partial charge in [0.2, 0.25) is 5.55 Å². The highest BCUT2D eigenvalue weighted by molar-refractivity contribution is 5.64. The van der Waals surface area contributed by atoms with Gasteiger partial charge in [0.05, 0.1) is 11.4 Å². The van der Waals surface area contributed by atoms with E-state index in [2.05, 4.69) is 0 Å². The molecule has 94 valence electrons. The summed E-state index contributed by atoms with van der Waals surface area (Å²) in [5.41, 5.74) is 3.93. The van der Waals surface area contributed by atoms with Gasteiger partial charge in [-0.2, -0.15) is 4.74 Å². The molecule has 0 aliphatic carbocycles.